The average molecular weight is 1250 g/mol. The summed E-state index contributed by atoms with van der Waals surface area (Å²) in [6.45, 7) is 95.6. The van der Waals surface area contributed by atoms with Crippen molar-refractivity contribution in [3.8, 4) is 11.8 Å². The first-order valence-electron chi connectivity index (χ1n) is 30.5. The molecule has 8 heteroatoms. The van der Waals surface area contributed by atoms with Crippen molar-refractivity contribution in [2.24, 2.45) is 0 Å². The normalized spacial score (nSPS) is 7.13. The molecule has 0 fully saturated rings. The van der Waals surface area contributed by atoms with Crippen molar-refractivity contribution >= 4 is 27.6 Å². The van der Waals surface area contributed by atoms with Gasteiger partial charge >= 0.3 is 0 Å². The lowest BCUT2D eigenvalue weighted by molar-refractivity contribution is -0.134. The van der Waals surface area contributed by atoms with Gasteiger partial charge in [-0.1, -0.05) is 176 Å². The quantitative estimate of drug-likeness (QED) is 0.115. The van der Waals surface area contributed by atoms with E-state index in [4.69, 9.17) is 9.90 Å². The maximum atomic E-state index is 9.00. The Kier molecular flexibility index (Phi) is 163. The van der Waals surface area contributed by atoms with Gasteiger partial charge in [0.25, 0.3) is 5.97 Å². The minimum Gasteiger partial charge on any atom is -0.481 e. The summed E-state index contributed by atoms with van der Waals surface area (Å²) in [5.41, 5.74) is 19.8. The van der Waals surface area contributed by atoms with E-state index in [1.807, 2.05) is 164 Å². The van der Waals surface area contributed by atoms with Crippen LogP contribution in [-0.4, -0.2) is 52.8 Å². The van der Waals surface area contributed by atoms with Crippen molar-refractivity contribution in [1.29, 1.82) is 0 Å². The van der Waals surface area contributed by atoms with Gasteiger partial charge in [-0.3, -0.25) is 9.78 Å². The second-order valence-electron chi connectivity index (χ2n) is 16.5. The van der Waals surface area contributed by atoms with Crippen LogP contribution >= 0.6 is 21.6 Å². The van der Waals surface area contributed by atoms with Gasteiger partial charge in [-0.15, -0.1) is 57.9 Å². The minimum absolute atomic E-state index is 0.833. The van der Waals surface area contributed by atoms with Crippen LogP contribution in [-0.2, 0) is 9.53 Å². The molecule has 0 atom stereocenters. The number of carbonyl (C=O) groups is 1. The van der Waals surface area contributed by atoms with Crippen LogP contribution in [0, 0.1) is 123 Å². The Balaban J connectivity index is -0.0000000452. The number of pyridine rings is 1. The Morgan fingerprint density at radius 2 is 0.575 bits per heavy atom. The number of benzene rings is 2. The van der Waals surface area contributed by atoms with E-state index in [2.05, 4.69) is 199 Å². The molecule has 4 aromatic rings. The van der Waals surface area contributed by atoms with E-state index < -0.39 is 5.97 Å². The Labute approximate surface area is 556 Å². The predicted octanol–water partition coefficient (Wildman–Crippen LogP) is 26.7. The number of hydrogen-bond acceptors (Lipinski definition) is 7. The lowest BCUT2D eigenvalue weighted by atomic mass is 9.90. The number of ether oxygens (including phenoxy) is 1. The highest BCUT2D eigenvalue weighted by Crippen LogP contribution is 2.24. The largest absolute Gasteiger partial charge is 0.481 e. The first kappa shape index (κ1) is 123. The molecule has 2 heterocycles. The summed E-state index contributed by atoms with van der Waals surface area (Å²) in [7, 11) is 6.80. The van der Waals surface area contributed by atoms with Crippen molar-refractivity contribution < 1.29 is 14.6 Å². The Bertz CT molecular complexity index is 1880. The molecule has 510 valence electrons. The molecule has 4 rings (SSSR count). The zero-order chi connectivity index (χ0) is 73.7. The van der Waals surface area contributed by atoms with Crippen molar-refractivity contribution in [2.45, 2.75) is 256 Å². The summed E-state index contributed by atoms with van der Waals surface area (Å²) in [6.07, 6.45) is 17.6. The number of carboxylic acids is 1. The van der Waals surface area contributed by atoms with Crippen LogP contribution in [0.2, 0.25) is 0 Å². The molecule has 0 amide bonds. The Morgan fingerprint density at radius 1 is 0.425 bits per heavy atom. The highest BCUT2D eigenvalue weighted by Gasteiger charge is 2.08. The lowest BCUT2D eigenvalue weighted by Gasteiger charge is -2.15. The summed E-state index contributed by atoms with van der Waals surface area (Å²) >= 11 is 0. The summed E-state index contributed by atoms with van der Waals surface area (Å²) in [4.78, 5) is 21.9. The second kappa shape index (κ2) is 115. The summed E-state index contributed by atoms with van der Waals surface area (Å²) in [5, 5.41) is 7.42. The molecule has 0 radical (unpaired) electrons. The van der Waals surface area contributed by atoms with Crippen LogP contribution < -0.4 is 0 Å². The molecule has 2 aromatic carbocycles. The minimum atomic E-state index is -0.833. The third kappa shape index (κ3) is 119. The first-order chi connectivity index (χ1) is 40.8. The van der Waals surface area contributed by atoms with Gasteiger partial charge in [0.05, 0.1) is 0 Å². The number of methoxy groups -OCH3 is 1. The van der Waals surface area contributed by atoms with Gasteiger partial charge in [0, 0.05) is 43.9 Å². The predicted molar refractivity (Wildman–Crippen MR) is 420 cm³/mol. The number of allylic oxidation sites excluding steroid dienone is 7. The van der Waals surface area contributed by atoms with Gasteiger partial charge in [0.1, 0.15) is 5.82 Å². The van der Waals surface area contributed by atoms with Crippen LogP contribution in [0.3, 0.4) is 0 Å². The molecule has 2 aromatic heterocycles. The number of nitrogens with zero attached hydrogens (tertiary/aromatic N) is 3. The fourth-order valence-corrected chi connectivity index (χ4v) is 4.41. The van der Waals surface area contributed by atoms with Crippen molar-refractivity contribution in [3.63, 3.8) is 0 Å². The zero-order valence-electron chi connectivity index (χ0n) is 65.5. The summed E-state index contributed by atoms with van der Waals surface area (Å²) < 4.78 is 4.25. The average Bonchev–Trinajstić information content (AvgIpc) is 3.58. The monoisotopic (exact) mass is 1250 g/mol. The fourth-order valence-electron chi connectivity index (χ4n) is 4.41. The number of carboxylic acid groups (broad SMARTS) is 1. The van der Waals surface area contributed by atoms with Crippen molar-refractivity contribution in [1.82, 2.24) is 15.0 Å². The van der Waals surface area contributed by atoms with Crippen LogP contribution in [0.4, 0.5) is 0 Å². The molecule has 0 unspecified atom stereocenters. The van der Waals surface area contributed by atoms with Gasteiger partial charge in [0.2, 0.25) is 0 Å². The van der Waals surface area contributed by atoms with E-state index in [-0.39, 0.29) is 0 Å². The molecule has 0 bridgehead atoms. The summed E-state index contributed by atoms with van der Waals surface area (Å²) in [5.74, 6) is 5.39. The van der Waals surface area contributed by atoms with E-state index in [1.165, 1.54) is 67.6 Å². The molecule has 0 saturated carbocycles. The Hall–Kier alpha value is -5.46. The number of aryl methyl sites for hydroxylation is 6. The number of hydrogen-bond donors (Lipinski definition) is 1. The van der Waals surface area contributed by atoms with Crippen LogP contribution in [0.25, 0.3) is 0 Å². The molecule has 0 aliphatic rings. The lowest BCUT2D eigenvalue weighted by Crippen LogP contribution is -1.98. The van der Waals surface area contributed by atoms with Gasteiger partial charge < -0.3 is 9.84 Å². The van der Waals surface area contributed by atoms with E-state index in [0.717, 1.165) is 35.5 Å². The molecule has 0 aliphatic carbocycles. The number of aromatic nitrogens is 3. The van der Waals surface area contributed by atoms with Gasteiger partial charge in [-0.2, -0.15) is 0 Å². The van der Waals surface area contributed by atoms with E-state index in [0.29, 0.717) is 0 Å². The van der Waals surface area contributed by atoms with Crippen molar-refractivity contribution in [3.05, 3.63) is 209 Å². The highest BCUT2D eigenvalue weighted by molar-refractivity contribution is 8.76. The number of aliphatic carboxylic acids is 1. The van der Waals surface area contributed by atoms with E-state index >= 15 is 0 Å². The van der Waals surface area contributed by atoms with Gasteiger partial charge in [-0.05, 0) is 241 Å². The standard InChI is InChI=1S/C12H18.C10H15N.C8H12N2.C7H8.C4H6.C3H8.7C3H6.C2H4O2.C2H6O.C2H6S2.4C2H6/c1-7-8(2)10(4)12(6)11(5)9(7)3;1-6-7(2)9(4)11-10(5)8(6)3;1-5-6(2)9-8(4)10-7(5)3;1-7-5-3-2-4-6-7;1-3-4-2;8*1-3-2;1-2(3)4;1-3-2;1-3-4-2;4*1-2/h1-6H3;1-5H3;1-4H3;2-6H,1H3;1-2H3;3H2,1-2H3;7*3H,1H2,2H3;1H3,(H,3,4);1-2H3;1-2H3;4*1-2H3. The first-order valence-corrected chi connectivity index (χ1v) is 33.5. The number of rotatable bonds is 1. The maximum absolute atomic E-state index is 9.00. The van der Waals surface area contributed by atoms with Crippen LogP contribution in [0.5, 0.6) is 0 Å². The molecule has 1 N–H and O–H groups in total. The second-order valence-corrected chi connectivity index (χ2v) is 19.1. The van der Waals surface area contributed by atoms with Crippen LogP contribution in [0.1, 0.15) is 235 Å². The molecule has 0 aliphatic heterocycles. The highest BCUT2D eigenvalue weighted by atomic mass is 33.1. The Morgan fingerprint density at radius 3 is 0.701 bits per heavy atom. The molecule has 6 nitrogen and oxygen atoms in total. The van der Waals surface area contributed by atoms with Crippen molar-refractivity contribution in [2.75, 3.05) is 26.7 Å². The van der Waals surface area contributed by atoms with E-state index in [9.17, 15) is 0 Å². The topological polar surface area (TPSA) is 85.2 Å². The third-order valence-corrected chi connectivity index (χ3v) is 10.4. The summed E-state index contributed by atoms with van der Waals surface area (Å²) in [6, 6.07) is 10.3. The van der Waals surface area contributed by atoms with Gasteiger partial charge in [-0.25, -0.2) is 9.97 Å². The molecular formula is C79H149N3O3S2. The van der Waals surface area contributed by atoms with Gasteiger partial charge in [0.15, 0.2) is 0 Å². The molecule has 0 saturated heterocycles. The molecule has 0 spiro atoms. The smallest absolute Gasteiger partial charge is 0.300 e. The maximum Gasteiger partial charge on any atom is 0.300 e. The molecular weight excluding hydrogens is 1100 g/mol. The fraction of sp³-hybridized carbons (Fsp3) is 0.519. The molecule has 87 heavy (non-hydrogen) atoms. The zero-order valence-corrected chi connectivity index (χ0v) is 67.1. The van der Waals surface area contributed by atoms with E-state index in [1.54, 1.807) is 78.3 Å². The SMILES string of the molecule is C=CC.C=CC.C=CC.C=CC.C=CC.C=CC.C=CC.CC.CC.CC.CC.CC#CC.CC(=O)O.CCC.COC.CSSC.Cc1c(C)c(C)c(C)c(C)c1C.Cc1ccccc1.Cc1nc(C)c(C)c(C)c1C.Cc1nc(C)c(C)c(C)n1. The van der Waals surface area contributed by atoms with Crippen LogP contribution in [0.15, 0.2) is 119 Å². The third-order valence-electron chi connectivity index (χ3n) is 9.02.